The smallest absolute Gasteiger partial charge is 0.257 e. The first kappa shape index (κ1) is 14.5. The number of nitrogens with one attached hydrogen (secondary N) is 1. The highest BCUT2D eigenvalue weighted by molar-refractivity contribution is 9.10. The van der Waals surface area contributed by atoms with Crippen molar-refractivity contribution in [3.05, 3.63) is 64.8 Å². The normalized spacial score (nSPS) is 10.5. The summed E-state index contributed by atoms with van der Waals surface area (Å²) in [4.78, 5) is 16.2. The summed E-state index contributed by atoms with van der Waals surface area (Å²) in [5.74, 6) is 0.275. The number of hydrogen-bond acceptors (Lipinski definition) is 3. The quantitative estimate of drug-likeness (QED) is 0.762. The lowest BCUT2D eigenvalue weighted by Crippen LogP contribution is -2.12. The largest absolute Gasteiger partial charge is 0.481 e. The molecule has 0 spiro atoms. The van der Waals surface area contributed by atoms with Crippen molar-refractivity contribution in [1.29, 1.82) is 0 Å². The predicted molar refractivity (Wildman–Crippen MR) is 90.4 cm³/mol. The van der Waals surface area contributed by atoms with Gasteiger partial charge < -0.3 is 10.1 Å². The number of rotatable bonds is 3. The van der Waals surface area contributed by atoms with E-state index in [1.807, 2.05) is 36.4 Å². The third-order valence-electron chi connectivity index (χ3n) is 3.29. The molecule has 5 heteroatoms. The van der Waals surface area contributed by atoms with Gasteiger partial charge in [0.1, 0.15) is 0 Å². The lowest BCUT2D eigenvalue weighted by Gasteiger charge is -2.08. The number of hydrogen-bond donors (Lipinski definition) is 1. The van der Waals surface area contributed by atoms with Crippen LogP contribution < -0.4 is 10.1 Å². The van der Waals surface area contributed by atoms with Crippen molar-refractivity contribution < 1.29 is 9.53 Å². The number of nitrogens with zero attached hydrogens (tertiary/aromatic N) is 1. The number of carbonyl (C=O) groups is 1. The molecule has 3 aromatic rings. The predicted octanol–water partition coefficient (Wildman–Crippen LogP) is 4.26. The molecule has 0 aliphatic heterocycles. The molecule has 0 fully saturated rings. The molecule has 1 N–H and O–H groups in total. The van der Waals surface area contributed by atoms with Gasteiger partial charge in [-0.05, 0) is 35.0 Å². The van der Waals surface area contributed by atoms with Crippen LogP contribution in [0, 0.1) is 0 Å². The van der Waals surface area contributed by atoms with Crippen molar-refractivity contribution in [2.75, 3.05) is 12.4 Å². The first-order valence-corrected chi connectivity index (χ1v) is 7.46. The van der Waals surface area contributed by atoms with Crippen molar-refractivity contribution >= 4 is 38.3 Å². The monoisotopic (exact) mass is 356 g/mol. The van der Waals surface area contributed by atoms with Crippen LogP contribution in [0.1, 0.15) is 10.4 Å². The molecule has 1 heterocycles. The summed E-state index contributed by atoms with van der Waals surface area (Å²) in [5, 5.41) is 5.03. The minimum absolute atomic E-state index is 0.204. The number of pyridine rings is 1. The highest BCUT2D eigenvalue weighted by atomic mass is 79.9. The molecule has 110 valence electrons. The molecule has 0 bridgehead atoms. The summed E-state index contributed by atoms with van der Waals surface area (Å²) in [6.45, 7) is 0. The summed E-state index contributed by atoms with van der Waals surface area (Å²) in [5.41, 5.74) is 1.22. The number of fused-ring (bicyclic) bond motifs is 1. The van der Waals surface area contributed by atoms with E-state index >= 15 is 0 Å². The Hall–Kier alpha value is -2.40. The second-order valence-corrected chi connectivity index (χ2v) is 5.57. The lowest BCUT2D eigenvalue weighted by molar-refractivity contribution is 0.102. The summed E-state index contributed by atoms with van der Waals surface area (Å²) < 4.78 is 6.01. The highest BCUT2D eigenvalue weighted by Gasteiger charge is 2.08. The van der Waals surface area contributed by atoms with Crippen molar-refractivity contribution in [3.63, 3.8) is 0 Å². The number of amides is 1. The summed E-state index contributed by atoms with van der Waals surface area (Å²) in [7, 11) is 1.54. The second-order valence-electron chi connectivity index (χ2n) is 4.72. The summed E-state index contributed by atoms with van der Waals surface area (Å²) in [6, 6.07) is 15.1. The van der Waals surface area contributed by atoms with E-state index in [-0.39, 0.29) is 5.91 Å². The molecule has 0 saturated heterocycles. The van der Waals surface area contributed by atoms with Gasteiger partial charge in [0.05, 0.1) is 12.7 Å². The van der Waals surface area contributed by atoms with Gasteiger partial charge in [-0.25, -0.2) is 4.98 Å². The molecule has 0 aliphatic carbocycles. The third-order valence-corrected chi connectivity index (χ3v) is 3.98. The van der Waals surface area contributed by atoms with Crippen molar-refractivity contribution in [3.8, 4) is 5.88 Å². The molecule has 3 rings (SSSR count). The molecule has 0 aliphatic rings. The van der Waals surface area contributed by atoms with E-state index in [1.54, 1.807) is 12.1 Å². The molecule has 4 nitrogen and oxygen atoms in total. The van der Waals surface area contributed by atoms with Gasteiger partial charge >= 0.3 is 0 Å². The van der Waals surface area contributed by atoms with E-state index in [0.29, 0.717) is 11.4 Å². The highest BCUT2D eigenvalue weighted by Crippen LogP contribution is 2.26. The van der Waals surface area contributed by atoms with E-state index in [2.05, 4.69) is 26.2 Å². The molecule has 2 aromatic carbocycles. The van der Waals surface area contributed by atoms with E-state index in [4.69, 9.17) is 4.74 Å². The minimum atomic E-state index is -0.204. The van der Waals surface area contributed by atoms with Crippen LogP contribution in [0.5, 0.6) is 5.88 Å². The number of anilines is 1. The van der Waals surface area contributed by atoms with Crippen LogP contribution in [0.2, 0.25) is 0 Å². The van der Waals surface area contributed by atoms with Gasteiger partial charge in [-0.1, -0.05) is 34.1 Å². The zero-order valence-electron chi connectivity index (χ0n) is 11.8. The Morgan fingerprint density at radius 2 is 2.05 bits per heavy atom. The van der Waals surface area contributed by atoms with E-state index in [9.17, 15) is 4.79 Å². The number of methoxy groups -OCH3 is 1. The Bertz CT molecular complexity index is 832. The van der Waals surface area contributed by atoms with E-state index in [0.717, 1.165) is 20.9 Å². The molecule has 0 unspecified atom stereocenters. The molecule has 0 atom stereocenters. The number of halogens is 1. The van der Waals surface area contributed by atoms with Crippen molar-refractivity contribution in [1.82, 2.24) is 4.98 Å². The average Bonchev–Trinajstić information content (AvgIpc) is 2.55. The van der Waals surface area contributed by atoms with Crippen LogP contribution in [0.3, 0.4) is 0 Å². The molecule has 0 radical (unpaired) electrons. The van der Waals surface area contributed by atoms with E-state index < -0.39 is 0 Å². The fourth-order valence-electron chi connectivity index (χ4n) is 2.16. The van der Waals surface area contributed by atoms with Gasteiger partial charge in [0.25, 0.3) is 5.91 Å². The maximum Gasteiger partial charge on any atom is 0.257 e. The average molecular weight is 357 g/mol. The first-order chi connectivity index (χ1) is 10.7. The van der Waals surface area contributed by atoms with Crippen LogP contribution in [-0.2, 0) is 0 Å². The first-order valence-electron chi connectivity index (χ1n) is 6.67. The Kier molecular flexibility index (Phi) is 4.06. The summed E-state index contributed by atoms with van der Waals surface area (Å²) in [6.07, 6.45) is 1.49. The molecule has 22 heavy (non-hydrogen) atoms. The Labute approximate surface area is 136 Å². The number of ether oxygens (including phenoxy) is 1. The zero-order chi connectivity index (χ0) is 15.5. The SMILES string of the molecule is COc1ccc(C(=O)Nc2ccc3c(Br)cccc3c2)cn1. The van der Waals surface area contributed by atoms with Gasteiger partial charge in [-0.3, -0.25) is 4.79 Å². The minimum Gasteiger partial charge on any atom is -0.481 e. The lowest BCUT2D eigenvalue weighted by atomic mass is 10.1. The second kappa shape index (κ2) is 6.15. The van der Waals surface area contributed by atoms with Crippen LogP contribution in [-0.4, -0.2) is 18.0 Å². The van der Waals surface area contributed by atoms with Crippen LogP contribution in [0.4, 0.5) is 5.69 Å². The maximum atomic E-state index is 12.2. The molecular formula is C17H13BrN2O2. The zero-order valence-corrected chi connectivity index (χ0v) is 13.4. The van der Waals surface area contributed by atoms with Crippen molar-refractivity contribution in [2.45, 2.75) is 0 Å². The number of aromatic nitrogens is 1. The van der Waals surface area contributed by atoms with Gasteiger partial charge in [0.15, 0.2) is 0 Å². The van der Waals surface area contributed by atoms with Gasteiger partial charge in [0, 0.05) is 22.4 Å². The van der Waals surface area contributed by atoms with Crippen LogP contribution in [0.25, 0.3) is 10.8 Å². The van der Waals surface area contributed by atoms with Gasteiger partial charge in [-0.15, -0.1) is 0 Å². The fourth-order valence-corrected chi connectivity index (χ4v) is 2.67. The topological polar surface area (TPSA) is 51.2 Å². The van der Waals surface area contributed by atoms with Crippen LogP contribution >= 0.6 is 15.9 Å². The number of benzene rings is 2. The van der Waals surface area contributed by atoms with E-state index in [1.165, 1.54) is 13.3 Å². The molecule has 1 amide bonds. The fraction of sp³-hybridized carbons (Fsp3) is 0.0588. The van der Waals surface area contributed by atoms with Gasteiger partial charge in [-0.2, -0.15) is 0 Å². The molecule has 0 saturated carbocycles. The Morgan fingerprint density at radius 1 is 1.18 bits per heavy atom. The molecule has 1 aromatic heterocycles. The Balaban J connectivity index is 1.84. The molecular weight excluding hydrogens is 344 g/mol. The third kappa shape index (κ3) is 2.94. The van der Waals surface area contributed by atoms with Gasteiger partial charge in [0.2, 0.25) is 5.88 Å². The summed E-state index contributed by atoms with van der Waals surface area (Å²) >= 11 is 3.52. The Morgan fingerprint density at radius 3 is 2.77 bits per heavy atom. The van der Waals surface area contributed by atoms with Crippen LogP contribution in [0.15, 0.2) is 59.2 Å². The maximum absolute atomic E-state index is 12.2. The van der Waals surface area contributed by atoms with Crippen molar-refractivity contribution in [2.24, 2.45) is 0 Å². The number of carbonyl (C=O) groups excluding carboxylic acids is 1. The standard InChI is InChI=1S/C17H13BrN2O2/c1-22-16-8-5-12(10-19-16)17(21)20-13-6-7-14-11(9-13)3-2-4-15(14)18/h2-10H,1H3,(H,20,21).